The van der Waals surface area contributed by atoms with E-state index in [9.17, 15) is 13.2 Å². The van der Waals surface area contributed by atoms with Crippen molar-refractivity contribution in [2.45, 2.75) is 13.1 Å². The van der Waals surface area contributed by atoms with Crippen molar-refractivity contribution in [3.8, 4) is 5.75 Å². The average molecular weight is 256 g/mol. The summed E-state index contributed by atoms with van der Waals surface area (Å²) < 4.78 is 42.3. The van der Waals surface area contributed by atoms with Crippen LogP contribution in [0.5, 0.6) is 5.75 Å². The Morgan fingerprint density at radius 1 is 1.31 bits per heavy atom. The maximum absolute atomic E-state index is 12.5. The van der Waals surface area contributed by atoms with Gasteiger partial charge in [-0.15, -0.1) is 12.4 Å². The summed E-state index contributed by atoms with van der Waals surface area (Å²) >= 11 is 0. The molecule has 2 nitrogen and oxygen atoms in total. The molecule has 0 aliphatic carbocycles. The number of hydrogen-bond acceptors (Lipinski definition) is 2. The van der Waals surface area contributed by atoms with Crippen LogP contribution in [-0.4, -0.2) is 13.7 Å². The van der Waals surface area contributed by atoms with E-state index in [1.165, 1.54) is 13.2 Å². The number of halogens is 4. The Bertz CT molecular complexity index is 341. The molecule has 1 aromatic carbocycles. The van der Waals surface area contributed by atoms with Gasteiger partial charge in [-0.05, 0) is 25.1 Å². The number of ether oxygens (including phenoxy) is 1. The van der Waals surface area contributed by atoms with Gasteiger partial charge in [0.2, 0.25) is 0 Å². The van der Waals surface area contributed by atoms with Gasteiger partial charge in [0.25, 0.3) is 0 Å². The monoisotopic (exact) mass is 255 g/mol. The lowest BCUT2D eigenvalue weighted by molar-refractivity contribution is -0.138. The van der Waals surface area contributed by atoms with E-state index < -0.39 is 11.7 Å². The van der Waals surface area contributed by atoms with Gasteiger partial charge >= 0.3 is 6.18 Å². The van der Waals surface area contributed by atoms with Crippen molar-refractivity contribution in [1.29, 1.82) is 0 Å². The smallest absolute Gasteiger partial charge is 0.420 e. The summed E-state index contributed by atoms with van der Waals surface area (Å²) in [6, 6.07) is 3.90. The third-order valence-corrected chi connectivity index (χ3v) is 1.89. The van der Waals surface area contributed by atoms with Gasteiger partial charge in [0.1, 0.15) is 5.75 Å². The molecule has 1 rings (SSSR count). The minimum Gasteiger partial charge on any atom is -0.496 e. The Kier molecular flexibility index (Phi) is 5.44. The Balaban J connectivity index is 0.00000225. The predicted octanol–water partition coefficient (Wildman–Crippen LogP) is 3.57. The molecule has 0 fully saturated rings. The number of methoxy groups -OCH3 is 1. The third-order valence-electron chi connectivity index (χ3n) is 1.89. The second-order valence-electron chi connectivity index (χ2n) is 2.94. The highest BCUT2D eigenvalue weighted by atomic mass is 35.5. The van der Waals surface area contributed by atoms with Crippen LogP contribution in [0.15, 0.2) is 18.2 Å². The van der Waals surface area contributed by atoms with Crippen LogP contribution in [-0.2, 0) is 6.18 Å². The lowest BCUT2D eigenvalue weighted by Crippen LogP contribution is -2.08. The molecular weight excluding hydrogens is 243 g/mol. The zero-order valence-corrected chi connectivity index (χ0v) is 9.71. The number of benzene rings is 1. The number of nitrogens with one attached hydrogen (secondary N) is 1. The van der Waals surface area contributed by atoms with Gasteiger partial charge in [-0.1, -0.05) is 0 Å². The van der Waals surface area contributed by atoms with Crippen molar-refractivity contribution in [2.75, 3.05) is 19.0 Å². The molecule has 0 saturated heterocycles. The van der Waals surface area contributed by atoms with Crippen molar-refractivity contribution >= 4 is 18.1 Å². The fourth-order valence-corrected chi connectivity index (χ4v) is 1.24. The van der Waals surface area contributed by atoms with Gasteiger partial charge < -0.3 is 10.1 Å². The van der Waals surface area contributed by atoms with Crippen molar-refractivity contribution in [3.63, 3.8) is 0 Å². The quantitative estimate of drug-likeness (QED) is 0.892. The van der Waals surface area contributed by atoms with E-state index in [0.717, 1.165) is 6.07 Å². The topological polar surface area (TPSA) is 21.3 Å². The molecule has 0 unspecified atom stereocenters. The van der Waals surface area contributed by atoms with Gasteiger partial charge in [0.15, 0.2) is 0 Å². The van der Waals surface area contributed by atoms with E-state index in [1.54, 1.807) is 6.07 Å². The minimum atomic E-state index is -4.39. The normalized spacial score (nSPS) is 10.6. The summed E-state index contributed by atoms with van der Waals surface area (Å²) in [4.78, 5) is 0. The molecule has 0 heterocycles. The van der Waals surface area contributed by atoms with Crippen LogP contribution in [0.2, 0.25) is 0 Å². The van der Waals surface area contributed by atoms with Crippen molar-refractivity contribution < 1.29 is 17.9 Å². The Hall–Kier alpha value is -1.10. The standard InChI is InChI=1S/C10H12F3NO.ClH/c1-3-14-7-4-5-9(15-2)8(6-7)10(11,12)13;/h4-6,14H,3H2,1-2H3;1H. The van der Waals surface area contributed by atoms with Gasteiger partial charge in [-0.3, -0.25) is 0 Å². The summed E-state index contributed by atoms with van der Waals surface area (Å²) in [5.41, 5.74) is -0.325. The molecule has 92 valence electrons. The number of alkyl halides is 3. The summed E-state index contributed by atoms with van der Waals surface area (Å²) in [6.07, 6.45) is -4.39. The summed E-state index contributed by atoms with van der Waals surface area (Å²) in [7, 11) is 1.22. The van der Waals surface area contributed by atoms with Crippen molar-refractivity contribution in [2.24, 2.45) is 0 Å². The Labute approximate surface area is 98.2 Å². The number of rotatable bonds is 3. The first-order valence-electron chi connectivity index (χ1n) is 4.48. The molecule has 0 atom stereocenters. The van der Waals surface area contributed by atoms with E-state index in [0.29, 0.717) is 12.2 Å². The molecule has 0 radical (unpaired) electrons. The number of hydrogen-bond donors (Lipinski definition) is 1. The van der Waals surface area contributed by atoms with Crippen LogP contribution < -0.4 is 10.1 Å². The first-order valence-corrected chi connectivity index (χ1v) is 4.48. The Morgan fingerprint density at radius 3 is 2.38 bits per heavy atom. The molecule has 1 aromatic rings. The molecule has 0 aliphatic heterocycles. The van der Waals surface area contributed by atoms with Crippen LogP contribution in [0.3, 0.4) is 0 Å². The average Bonchev–Trinajstić information content (AvgIpc) is 2.17. The SMILES string of the molecule is CCNc1ccc(OC)c(C(F)(F)F)c1.Cl. The molecule has 0 aromatic heterocycles. The number of anilines is 1. The largest absolute Gasteiger partial charge is 0.496 e. The van der Waals surface area contributed by atoms with Crippen molar-refractivity contribution in [3.05, 3.63) is 23.8 Å². The summed E-state index contributed by atoms with van der Waals surface area (Å²) in [6.45, 7) is 2.39. The lowest BCUT2D eigenvalue weighted by Gasteiger charge is -2.13. The maximum Gasteiger partial charge on any atom is 0.420 e. The first kappa shape index (κ1) is 14.9. The Morgan fingerprint density at radius 2 is 1.94 bits per heavy atom. The fraction of sp³-hybridized carbons (Fsp3) is 0.400. The third kappa shape index (κ3) is 3.48. The molecule has 0 bridgehead atoms. The van der Waals surface area contributed by atoms with Gasteiger partial charge in [-0.2, -0.15) is 13.2 Å². The van der Waals surface area contributed by atoms with E-state index >= 15 is 0 Å². The highest BCUT2D eigenvalue weighted by molar-refractivity contribution is 5.85. The molecule has 0 saturated carbocycles. The van der Waals surface area contributed by atoms with Crippen LogP contribution >= 0.6 is 12.4 Å². The zero-order chi connectivity index (χ0) is 11.5. The van der Waals surface area contributed by atoms with E-state index in [2.05, 4.69) is 10.1 Å². The first-order chi connectivity index (χ1) is 6.99. The molecule has 0 amide bonds. The highest BCUT2D eigenvalue weighted by Crippen LogP contribution is 2.37. The van der Waals surface area contributed by atoms with E-state index in [4.69, 9.17) is 0 Å². The van der Waals surface area contributed by atoms with Crippen LogP contribution in [0, 0.1) is 0 Å². The minimum absolute atomic E-state index is 0. The van der Waals surface area contributed by atoms with E-state index in [1.807, 2.05) is 6.92 Å². The molecule has 6 heteroatoms. The predicted molar refractivity (Wildman–Crippen MR) is 59.4 cm³/mol. The molecule has 0 spiro atoms. The van der Waals surface area contributed by atoms with Gasteiger partial charge in [0.05, 0.1) is 12.7 Å². The molecule has 1 N–H and O–H groups in total. The maximum atomic E-state index is 12.5. The van der Waals surface area contributed by atoms with Crippen LogP contribution in [0.1, 0.15) is 12.5 Å². The second-order valence-corrected chi connectivity index (χ2v) is 2.94. The van der Waals surface area contributed by atoms with Gasteiger partial charge in [0, 0.05) is 12.2 Å². The lowest BCUT2D eigenvalue weighted by atomic mass is 10.1. The fourth-order valence-electron chi connectivity index (χ4n) is 1.24. The summed E-state index contributed by atoms with van der Waals surface area (Å²) in [5, 5.41) is 2.82. The zero-order valence-electron chi connectivity index (χ0n) is 8.89. The summed E-state index contributed by atoms with van der Waals surface area (Å²) in [5.74, 6) is -0.163. The van der Waals surface area contributed by atoms with Gasteiger partial charge in [-0.25, -0.2) is 0 Å². The van der Waals surface area contributed by atoms with Crippen LogP contribution in [0.25, 0.3) is 0 Å². The molecular formula is C10H13ClF3NO. The second kappa shape index (κ2) is 5.84. The molecule has 0 aliphatic rings. The van der Waals surface area contributed by atoms with Crippen LogP contribution in [0.4, 0.5) is 18.9 Å². The molecule has 16 heavy (non-hydrogen) atoms. The van der Waals surface area contributed by atoms with Crippen molar-refractivity contribution in [1.82, 2.24) is 0 Å². The van der Waals surface area contributed by atoms with E-state index in [-0.39, 0.29) is 18.2 Å². The highest BCUT2D eigenvalue weighted by Gasteiger charge is 2.34.